The zero-order valence-corrected chi connectivity index (χ0v) is 9.85. The molecule has 0 radical (unpaired) electrons. The summed E-state index contributed by atoms with van der Waals surface area (Å²) < 4.78 is 1.69. The molecule has 2 heterocycles. The minimum absolute atomic E-state index is 0.145. The number of hydrogen-bond acceptors (Lipinski definition) is 3. The molecule has 0 spiro atoms. The molecule has 88 valence electrons. The second kappa shape index (κ2) is 4.55. The molecule has 0 saturated carbocycles. The third-order valence-corrected chi connectivity index (χ3v) is 2.72. The lowest BCUT2D eigenvalue weighted by atomic mass is 10.2. The van der Waals surface area contributed by atoms with E-state index in [-0.39, 0.29) is 11.6 Å². The fourth-order valence-electron chi connectivity index (χ4n) is 1.59. The van der Waals surface area contributed by atoms with E-state index in [4.69, 9.17) is 16.7 Å². The molecule has 2 aromatic rings. The fourth-order valence-corrected chi connectivity index (χ4v) is 1.87. The number of carboxylic acids is 1. The van der Waals surface area contributed by atoms with Gasteiger partial charge in [-0.15, -0.1) is 0 Å². The maximum Gasteiger partial charge on any atom is 0.309 e. The summed E-state index contributed by atoms with van der Waals surface area (Å²) in [6.45, 7) is 0. The summed E-state index contributed by atoms with van der Waals surface area (Å²) in [7, 11) is 1.74. The highest BCUT2D eigenvalue weighted by Crippen LogP contribution is 2.24. The number of imidazole rings is 1. The first kappa shape index (κ1) is 11.6. The standard InChI is InChI=1S/C11H10ClN3O2/c1-15-8(6-9(16)17)10(12)14-11(15)7-2-4-13-5-3-7/h2-5H,6H2,1H3,(H,16,17). The molecule has 2 aromatic heterocycles. The van der Waals surface area contributed by atoms with Gasteiger partial charge in [0.15, 0.2) is 5.15 Å². The zero-order valence-electron chi connectivity index (χ0n) is 9.09. The number of aliphatic carboxylic acids is 1. The van der Waals surface area contributed by atoms with Crippen LogP contribution in [0.3, 0.4) is 0 Å². The van der Waals surface area contributed by atoms with Gasteiger partial charge in [-0.05, 0) is 12.1 Å². The van der Waals surface area contributed by atoms with Crippen LogP contribution in [-0.4, -0.2) is 25.6 Å². The van der Waals surface area contributed by atoms with Gasteiger partial charge in [0.05, 0.1) is 12.1 Å². The number of hydrogen-bond donors (Lipinski definition) is 1. The summed E-state index contributed by atoms with van der Waals surface area (Å²) in [5, 5.41) is 9.01. The van der Waals surface area contributed by atoms with E-state index >= 15 is 0 Å². The highest BCUT2D eigenvalue weighted by Gasteiger charge is 2.16. The summed E-state index contributed by atoms with van der Waals surface area (Å²) in [6.07, 6.45) is 3.15. The molecule has 0 atom stereocenters. The lowest BCUT2D eigenvalue weighted by Gasteiger charge is -2.03. The molecular weight excluding hydrogens is 242 g/mol. The molecule has 0 aliphatic carbocycles. The molecule has 5 nitrogen and oxygen atoms in total. The Labute approximate surface area is 103 Å². The van der Waals surface area contributed by atoms with Crippen LogP contribution in [0.15, 0.2) is 24.5 Å². The second-order valence-electron chi connectivity index (χ2n) is 3.54. The van der Waals surface area contributed by atoms with Gasteiger partial charge < -0.3 is 9.67 Å². The predicted octanol–water partition coefficient (Wildman–Crippen LogP) is 1.76. The maximum absolute atomic E-state index is 10.7. The molecule has 1 N–H and O–H groups in total. The van der Waals surface area contributed by atoms with Crippen molar-refractivity contribution in [1.29, 1.82) is 0 Å². The Morgan fingerprint density at radius 2 is 2.12 bits per heavy atom. The predicted molar refractivity (Wildman–Crippen MR) is 62.8 cm³/mol. The van der Waals surface area contributed by atoms with Crippen molar-refractivity contribution < 1.29 is 9.90 Å². The number of halogens is 1. The van der Waals surface area contributed by atoms with Crippen molar-refractivity contribution in [3.05, 3.63) is 35.4 Å². The van der Waals surface area contributed by atoms with E-state index in [1.807, 2.05) is 0 Å². The Morgan fingerprint density at radius 1 is 1.47 bits per heavy atom. The van der Waals surface area contributed by atoms with Gasteiger partial charge in [0, 0.05) is 25.0 Å². The Morgan fingerprint density at radius 3 is 2.71 bits per heavy atom. The van der Waals surface area contributed by atoms with Crippen LogP contribution in [0.2, 0.25) is 5.15 Å². The lowest BCUT2D eigenvalue weighted by molar-refractivity contribution is -0.136. The summed E-state index contributed by atoms with van der Waals surface area (Å²) in [4.78, 5) is 18.8. The first-order valence-electron chi connectivity index (χ1n) is 4.93. The van der Waals surface area contributed by atoms with Crippen LogP contribution >= 0.6 is 11.6 Å². The van der Waals surface area contributed by atoms with Gasteiger partial charge in [0.25, 0.3) is 0 Å². The minimum atomic E-state index is -0.934. The van der Waals surface area contributed by atoms with Crippen molar-refractivity contribution in [2.24, 2.45) is 7.05 Å². The number of carboxylic acid groups (broad SMARTS) is 1. The van der Waals surface area contributed by atoms with Crippen molar-refractivity contribution in [2.45, 2.75) is 6.42 Å². The summed E-state index contributed by atoms with van der Waals surface area (Å²) in [5.41, 5.74) is 1.34. The molecule has 2 rings (SSSR count). The Bertz CT molecular complexity index is 551. The van der Waals surface area contributed by atoms with Crippen molar-refractivity contribution in [3.8, 4) is 11.4 Å². The first-order valence-corrected chi connectivity index (χ1v) is 5.30. The quantitative estimate of drug-likeness (QED) is 0.903. The van der Waals surface area contributed by atoms with Gasteiger partial charge in [0.1, 0.15) is 5.82 Å². The van der Waals surface area contributed by atoms with E-state index in [1.54, 1.807) is 36.1 Å². The number of carbonyl (C=O) groups is 1. The minimum Gasteiger partial charge on any atom is -0.481 e. The summed E-state index contributed by atoms with van der Waals surface area (Å²) in [6, 6.07) is 3.59. The largest absolute Gasteiger partial charge is 0.481 e. The first-order chi connectivity index (χ1) is 8.09. The SMILES string of the molecule is Cn1c(-c2ccncc2)nc(Cl)c1CC(=O)O. The Balaban J connectivity index is 2.48. The van der Waals surface area contributed by atoms with E-state index in [9.17, 15) is 4.79 Å². The molecule has 0 unspecified atom stereocenters. The second-order valence-corrected chi connectivity index (χ2v) is 3.90. The van der Waals surface area contributed by atoms with Gasteiger partial charge in [-0.3, -0.25) is 9.78 Å². The van der Waals surface area contributed by atoms with Gasteiger partial charge in [-0.25, -0.2) is 4.98 Å². The number of pyridine rings is 1. The normalized spacial score (nSPS) is 10.5. The fraction of sp³-hybridized carbons (Fsp3) is 0.182. The van der Waals surface area contributed by atoms with Crippen molar-refractivity contribution in [2.75, 3.05) is 0 Å². The highest BCUT2D eigenvalue weighted by atomic mass is 35.5. The maximum atomic E-state index is 10.7. The third-order valence-electron chi connectivity index (χ3n) is 2.42. The molecule has 0 saturated heterocycles. The zero-order chi connectivity index (χ0) is 12.4. The van der Waals surface area contributed by atoms with E-state index in [0.717, 1.165) is 5.56 Å². The van der Waals surface area contributed by atoms with Crippen LogP contribution in [0.5, 0.6) is 0 Å². The molecule has 6 heteroatoms. The number of aromatic nitrogens is 3. The number of rotatable bonds is 3. The average Bonchev–Trinajstić information content (AvgIpc) is 2.58. The molecule has 0 amide bonds. The van der Waals surface area contributed by atoms with E-state index in [2.05, 4.69) is 9.97 Å². The van der Waals surface area contributed by atoms with Gasteiger partial charge in [-0.1, -0.05) is 11.6 Å². The van der Waals surface area contributed by atoms with Crippen LogP contribution in [0, 0.1) is 0 Å². The average molecular weight is 252 g/mol. The Hall–Kier alpha value is -1.88. The van der Waals surface area contributed by atoms with Gasteiger partial charge in [-0.2, -0.15) is 0 Å². The van der Waals surface area contributed by atoms with Crippen LogP contribution < -0.4 is 0 Å². The third kappa shape index (κ3) is 2.29. The highest BCUT2D eigenvalue weighted by molar-refractivity contribution is 6.30. The van der Waals surface area contributed by atoms with Crippen LogP contribution in [0.4, 0.5) is 0 Å². The van der Waals surface area contributed by atoms with Crippen LogP contribution in [-0.2, 0) is 18.3 Å². The Kier molecular flexibility index (Phi) is 3.10. The molecular formula is C11H10ClN3O2. The monoisotopic (exact) mass is 251 g/mol. The summed E-state index contributed by atoms with van der Waals surface area (Å²) in [5.74, 6) is -0.301. The van der Waals surface area contributed by atoms with Crippen molar-refractivity contribution in [1.82, 2.24) is 14.5 Å². The smallest absolute Gasteiger partial charge is 0.309 e. The van der Waals surface area contributed by atoms with Crippen molar-refractivity contribution >= 4 is 17.6 Å². The lowest BCUT2D eigenvalue weighted by Crippen LogP contribution is -2.06. The van der Waals surface area contributed by atoms with Gasteiger partial charge >= 0.3 is 5.97 Å². The number of nitrogens with zero attached hydrogens (tertiary/aromatic N) is 3. The molecule has 17 heavy (non-hydrogen) atoms. The van der Waals surface area contributed by atoms with E-state index < -0.39 is 5.97 Å². The molecule has 0 aromatic carbocycles. The van der Waals surface area contributed by atoms with E-state index in [0.29, 0.717) is 11.5 Å². The molecule has 0 aliphatic heterocycles. The summed E-state index contributed by atoms with van der Waals surface area (Å²) >= 11 is 5.93. The molecule has 0 bridgehead atoms. The molecule has 0 fully saturated rings. The van der Waals surface area contributed by atoms with Crippen LogP contribution in [0.1, 0.15) is 5.69 Å². The van der Waals surface area contributed by atoms with E-state index in [1.165, 1.54) is 0 Å². The topological polar surface area (TPSA) is 68.0 Å². The van der Waals surface area contributed by atoms with Crippen LogP contribution in [0.25, 0.3) is 11.4 Å². The molecule has 0 aliphatic rings. The van der Waals surface area contributed by atoms with Gasteiger partial charge in [0.2, 0.25) is 0 Å². The van der Waals surface area contributed by atoms with Crippen molar-refractivity contribution in [3.63, 3.8) is 0 Å².